The van der Waals surface area contributed by atoms with E-state index < -0.39 is 0 Å². The molecule has 4 heteroatoms. The third-order valence-corrected chi connectivity index (χ3v) is 2.05. The van der Waals surface area contributed by atoms with Gasteiger partial charge < -0.3 is 9.67 Å². The van der Waals surface area contributed by atoms with E-state index in [-0.39, 0.29) is 6.61 Å². The number of rotatable bonds is 2. The van der Waals surface area contributed by atoms with Gasteiger partial charge in [0.25, 0.3) is 0 Å². The lowest BCUT2D eigenvalue weighted by atomic mass is 10.2. The quantitative estimate of drug-likeness (QED) is 0.768. The summed E-state index contributed by atoms with van der Waals surface area (Å²) in [6.45, 7) is 1.91. The summed E-state index contributed by atoms with van der Waals surface area (Å²) in [5, 5.41) is 9.13. The zero-order valence-electron chi connectivity index (χ0n) is 7.88. The summed E-state index contributed by atoms with van der Waals surface area (Å²) >= 11 is 0. The van der Waals surface area contributed by atoms with E-state index in [0.29, 0.717) is 0 Å². The molecule has 72 valence electrons. The highest BCUT2D eigenvalue weighted by Gasteiger charge is 2.03. The number of pyridine rings is 1. The van der Waals surface area contributed by atoms with Crippen LogP contribution in [-0.2, 0) is 6.61 Å². The maximum atomic E-state index is 9.13. The molecule has 0 saturated heterocycles. The van der Waals surface area contributed by atoms with Crippen molar-refractivity contribution in [2.45, 2.75) is 13.5 Å². The van der Waals surface area contributed by atoms with Gasteiger partial charge in [0.15, 0.2) is 0 Å². The van der Waals surface area contributed by atoms with Crippen molar-refractivity contribution < 1.29 is 5.11 Å². The molecule has 2 heterocycles. The first-order valence-electron chi connectivity index (χ1n) is 4.36. The van der Waals surface area contributed by atoms with Gasteiger partial charge in [0.2, 0.25) is 0 Å². The zero-order chi connectivity index (χ0) is 9.97. The van der Waals surface area contributed by atoms with E-state index in [1.807, 2.05) is 23.8 Å². The first-order chi connectivity index (χ1) is 6.81. The van der Waals surface area contributed by atoms with Gasteiger partial charge in [-0.3, -0.25) is 4.98 Å². The lowest BCUT2D eigenvalue weighted by Crippen LogP contribution is -1.99. The molecule has 0 saturated carbocycles. The van der Waals surface area contributed by atoms with Crippen LogP contribution in [0.15, 0.2) is 31.0 Å². The number of aliphatic hydroxyl groups is 1. The van der Waals surface area contributed by atoms with Gasteiger partial charge in [0.05, 0.1) is 18.6 Å². The van der Waals surface area contributed by atoms with E-state index in [2.05, 4.69) is 9.97 Å². The molecule has 1 N–H and O–H groups in total. The SMILES string of the molecule is Cc1cc(-n2ccnc2)c(CO)cn1. The second kappa shape index (κ2) is 3.59. The second-order valence-electron chi connectivity index (χ2n) is 3.08. The van der Waals surface area contributed by atoms with Crippen LogP contribution in [0, 0.1) is 6.92 Å². The molecule has 4 nitrogen and oxygen atoms in total. The molecule has 2 rings (SSSR count). The average molecular weight is 189 g/mol. The van der Waals surface area contributed by atoms with Crippen LogP contribution >= 0.6 is 0 Å². The van der Waals surface area contributed by atoms with Gasteiger partial charge >= 0.3 is 0 Å². The Morgan fingerprint density at radius 1 is 1.50 bits per heavy atom. The Bertz CT molecular complexity index is 423. The fraction of sp³-hybridized carbons (Fsp3) is 0.200. The van der Waals surface area contributed by atoms with E-state index in [9.17, 15) is 0 Å². The summed E-state index contributed by atoms with van der Waals surface area (Å²) in [6, 6.07) is 1.92. The molecule has 0 aliphatic carbocycles. The van der Waals surface area contributed by atoms with Gasteiger partial charge in [-0.1, -0.05) is 0 Å². The highest BCUT2D eigenvalue weighted by molar-refractivity contribution is 5.40. The van der Waals surface area contributed by atoms with Crippen LogP contribution in [0.1, 0.15) is 11.3 Å². The maximum absolute atomic E-state index is 9.13. The molecule has 0 radical (unpaired) electrons. The fourth-order valence-corrected chi connectivity index (χ4v) is 1.34. The van der Waals surface area contributed by atoms with Crippen LogP contribution in [-0.4, -0.2) is 19.6 Å². The van der Waals surface area contributed by atoms with Gasteiger partial charge in [-0.2, -0.15) is 0 Å². The normalized spacial score (nSPS) is 10.4. The minimum Gasteiger partial charge on any atom is -0.392 e. The number of aryl methyl sites for hydroxylation is 1. The average Bonchev–Trinajstić information content (AvgIpc) is 2.70. The molecule has 14 heavy (non-hydrogen) atoms. The van der Waals surface area contributed by atoms with Crippen LogP contribution < -0.4 is 0 Å². The van der Waals surface area contributed by atoms with E-state index in [0.717, 1.165) is 16.9 Å². The predicted molar refractivity (Wildman–Crippen MR) is 52.0 cm³/mol. The van der Waals surface area contributed by atoms with Crippen LogP contribution in [0.5, 0.6) is 0 Å². The topological polar surface area (TPSA) is 50.9 Å². The van der Waals surface area contributed by atoms with Crippen LogP contribution in [0.3, 0.4) is 0 Å². The van der Waals surface area contributed by atoms with Gasteiger partial charge in [-0.15, -0.1) is 0 Å². The molecule has 0 bridgehead atoms. The van der Waals surface area contributed by atoms with Gasteiger partial charge in [-0.05, 0) is 13.0 Å². The van der Waals surface area contributed by atoms with Gasteiger partial charge in [0, 0.05) is 29.8 Å². The lowest BCUT2D eigenvalue weighted by Gasteiger charge is -2.07. The number of nitrogens with zero attached hydrogens (tertiary/aromatic N) is 3. The summed E-state index contributed by atoms with van der Waals surface area (Å²) in [6.07, 6.45) is 6.93. The number of hydrogen-bond acceptors (Lipinski definition) is 3. The Labute approximate surface area is 81.9 Å². The van der Waals surface area contributed by atoms with Crippen molar-refractivity contribution in [1.29, 1.82) is 0 Å². The van der Waals surface area contributed by atoms with Gasteiger partial charge in [-0.25, -0.2) is 4.98 Å². The Morgan fingerprint density at radius 2 is 2.36 bits per heavy atom. The Hall–Kier alpha value is -1.68. The lowest BCUT2D eigenvalue weighted by molar-refractivity contribution is 0.281. The van der Waals surface area contributed by atoms with E-state index in [1.54, 1.807) is 18.7 Å². The molecule has 0 atom stereocenters. The summed E-state index contributed by atoms with van der Waals surface area (Å²) in [4.78, 5) is 8.09. The first kappa shape index (κ1) is 8.90. The molecular weight excluding hydrogens is 178 g/mol. The summed E-state index contributed by atoms with van der Waals surface area (Å²) < 4.78 is 1.86. The smallest absolute Gasteiger partial charge is 0.0991 e. The molecule has 0 fully saturated rings. The van der Waals surface area contributed by atoms with E-state index in [1.165, 1.54) is 0 Å². The predicted octanol–water partition coefficient (Wildman–Crippen LogP) is 1.07. The molecule has 2 aromatic heterocycles. The van der Waals surface area contributed by atoms with Crippen LogP contribution in [0.4, 0.5) is 0 Å². The van der Waals surface area contributed by atoms with Crippen molar-refractivity contribution in [3.63, 3.8) is 0 Å². The van der Waals surface area contributed by atoms with E-state index >= 15 is 0 Å². The minimum atomic E-state index is -0.0131. The van der Waals surface area contributed by atoms with Gasteiger partial charge in [0.1, 0.15) is 0 Å². The molecule has 0 amide bonds. The molecule has 0 aromatic carbocycles. The molecular formula is C10H11N3O. The van der Waals surface area contributed by atoms with Crippen molar-refractivity contribution in [3.05, 3.63) is 42.2 Å². The third kappa shape index (κ3) is 1.52. The fourth-order valence-electron chi connectivity index (χ4n) is 1.34. The molecule has 2 aromatic rings. The highest BCUT2D eigenvalue weighted by atomic mass is 16.3. The Morgan fingerprint density at radius 3 is 3.00 bits per heavy atom. The standard InChI is InChI=1S/C10H11N3O/c1-8-4-10(9(6-14)5-12-8)13-3-2-11-7-13/h2-5,7,14H,6H2,1H3. The number of aromatic nitrogens is 3. The monoisotopic (exact) mass is 189 g/mol. The van der Waals surface area contributed by atoms with E-state index in [4.69, 9.17) is 5.11 Å². The summed E-state index contributed by atoms with van der Waals surface area (Å²) in [5.41, 5.74) is 2.65. The maximum Gasteiger partial charge on any atom is 0.0991 e. The summed E-state index contributed by atoms with van der Waals surface area (Å²) in [7, 11) is 0. The zero-order valence-corrected chi connectivity index (χ0v) is 7.88. The minimum absolute atomic E-state index is 0.0131. The highest BCUT2D eigenvalue weighted by Crippen LogP contribution is 2.14. The Kier molecular flexibility index (Phi) is 2.28. The van der Waals surface area contributed by atoms with Crippen molar-refractivity contribution >= 4 is 0 Å². The van der Waals surface area contributed by atoms with Crippen molar-refractivity contribution in [3.8, 4) is 5.69 Å². The number of imidazole rings is 1. The molecule has 0 unspecified atom stereocenters. The Balaban J connectivity index is 2.55. The van der Waals surface area contributed by atoms with Crippen molar-refractivity contribution in [1.82, 2.24) is 14.5 Å². The van der Waals surface area contributed by atoms with Crippen LogP contribution in [0.25, 0.3) is 5.69 Å². The molecule has 0 aliphatic heterocycles. The first-order valence-corrected chi connectivity index (χ1v) is 4.36. The third-order valence-electron chi connectivity index (χ3n) is 2.05. The summed E-state index contributed by atoms with van der Waals surface area (Å²) in [5.74, 6) is 0. The van der Waals surface area contributed by atoms with Crippen molar-refractivity contribution in [2.75, 3.05) is 0 Å². The number of aliphatic hydroxyl groups excluding tert-OH is 1. The molecule has 0 spiro atoms. The van der Waals surface area contributed by atoms with Crippen LogP contribution in [0.2, 0.25) is 0 Å². The largest absolute Gasteiger partial charge is 0.392 e. The molecule has 0 aliphatic rings. The number of hydrogen-bond donors (Lipinski definition) is 1. The van der Waals surface area contributed by atoms with Crippen molar-refractivity contribution in [2.24, 2.45) is 0 Å². The second-order valence-corrected chi connectivity index (χ2v) is 3.08.